The van der Waals surface area contributed by atoms with E-state index in [0.29, 0.717) is 46.4 Å². The van der Waals surface area contributed by atoms with Crippen LogP contribution in [-0.2, 0) is 17.6 Å². The molecule has 0 saturated heterocycles. The third-order valence-electron chi connectivity index (χ3n) is 6.40. The van der Waals surface area contributed by atoms with E-state index < -0.39 is 11.9 Å². The summed E-state index contributed by atoms with van der Waals surface area (Å²) >= 11 is 0. The van der Waals surface area contributed by atoms with Crippen LogP contribution in [0.25, 0.3) is 11.1 Å². The number of rotatable bonds is 10. The summed E-state index contributed by atoms with van der Waals surface area (Å²) in [4.78, 5) is 26.2. The largest absolute Gasteiger partial charge is 0.507 e. The lowest BCUT2D eigenvalue weighted by molar-refractivity contribution is -0.135. The van der Waals surface area contributed by atoms with E-state index in [1.54, 1.807) is 61.5 Å². The van der Waals surface area contributed by atoms with Crippen molar-refractivity contribution in [2.24, 2.45) is 0 Å². The maximum Gasteiger partial charge on any atom is 0.318 e. The highest BCUT2D eigenvalue weighted by Crippen LogP contribution is 2.38. The second kappa shape index (κ2) is 12.0. The molecule has 1 atom stereocenters. The van der Waals surface area contributed by atoms with Gasteiger partial charge in [0.05, 0.1) is 5.92 Å². The first-order valence-corrected chi connectivity index (χ1v) is 12.5. The summed E-state index contributed by atoms with van der Waals surface area (Å²) in [5.74, 6) is -0.764. The maximum atomic E-state index is 13.3. The molecule has 0 aromatic heterocycles. The zero-order valence-electron chi connectivity index (χ0n) is 21.4. The molecule has 38 heavy (non-hydrogen) atoms. The molecule has 0 bridgehead atoms. The highest BCUT2D eigenvalue weighted by Gasteiger charge is 2.22. The van der Waals surface area contributed by atoms with Crippen LogP contribution >= 0.6 is 0 Å². The van der Waals surface area contributed by atoms with Crippen molar-refractivity contribution in [3.05, 3.63) is 144 Å². The normalized spacial score (nSPS) is 11.4. The van der Waals surface area contributed by atoms with Crippen molar-refractivity contribution < 1.29 is 19.4 Å². The van der Waals surface area contributed by atoms with Crippen molar-refractivity contribution in [1.29, 1.82) is 0 Å². The molecule has 4 heteroatoms. The number of hydrogen-bond acceptors (Lipinski definition) is 4. The van der Waals surface area contributed by atoms with Gasteiger partial charge in [-0.15, -0.1) is 13.2 Å². The second-order valence-corrected chi connectivity index (χ2v) is 9.13. The number of carbonyl (C=O) groups is 2. The van der Waals surface area contributed by atoms with E-state index in [1.165, 1.54) is 0 Å². The van der Waals surface area contributed by atoms with Crippen LogP contribution in [0.5, 0.6) is 11.5 Å². The Kier molecular flexibility index (Phi) is 8.34. The molecule has 4 nitrogen and oxygen atoms in total. The maximum absolute atomic E-state index is 13.3. The van der Waals surface area contributed by atoms with Crippen LogP contribution < -0.4 is 4.74 Å². The van der Waals surface area contributed by atoms with Gasteiger partial charge in [0.1, 0.15) is 11.5 Å². The molecule has 0 amide bonds. The van der Waals surface area contributed by atoms with Gasteiger partial charge >= 0.3 is 5.97 Å². The van der Waals surface area contributed by atoms with Crippen molar-refractivity contribution in [2.75, 3.05) is 0 Å². The van der Waals surface area contributed by atoms with E-state index in [-0.39, 0.29) is 11.5 Å². The van der Waals surface area contributed by atoms with Crippen molar-refractivity contribution in [1.82, 2.24) is 0 Å². The van der Waals surface area contributed by atoms with Crippen LogP contribution in [0.2, 0.25) is 0 Å². The van der Waals surface area contributed by atoms with E-state index in [4.69, 9.17) is 4.74 Å². The lowest BCUT2D eigenvalue weighted by atomic mass is 9.95. The van der Waals surface area contributed by atoms with Crippen LogP contribution in [0.4, 0.5) is 0 Å². The summed E-state index contributed by atoms with van der Waals surface area (Å²) in [7, 11) is 0. The molecule has 4 aromatic carbocycles. The van der Waals surface area contributed by atoms with Crippen molar-refractivity contribution in [3.63, 3.8) is 0 Å². The Labute approximate surface area is 223 Å². The molecule has 4 rings (SSSR count). The number of phenols is 1. The van der Waals surface area contributed by atoms with Gasteiger partial charge in [-0.2, -0.15) is 0 Å². The predicted octanol–water partition coefficient (Wildman–Crippen LogP) is 7.46. The van der Waals surface area contributed by atoms with Crippen LogP contribution in [0.1, 0.15) is 45.5 Å². The molecule has 190 valence electrons. The van der Waals surface area contributed by atoms with Crippen LogP contribution in [0.3, 0.4) is 0 Å². The van der Waals surface area contributed by atoms with E-state index in [1.807, 2.05) is 48.5 Å². The number of carbonyl (C=O) groups excluding carboxylic acids is 2. The van der Waals surface area contributed by atoms with Crippen LogP contribution in [0, 0.1) is 0 Å². The highest BCUT2D eigenvalue weighted by molar-refractivity contribution is 6.09. The first-order chi connectivity index (χ1) is 18.4. The Morgan fingerprint density at radius 1 is 0.789 bits per heavy atom. The van der Waals surface area contributed by atoms with E-state index >= 15 is 0 Å². The third-order valence-corrected chi connectivity index (χ3v) is 6.40. The molecule has 0 aliphatic heterocycles. The fraction of sp³-hybridized carbons (Fsp3) is 0.118. The molecule has 0 aliphatic carbocycles. The number of esters is 1. The smallest absolute Gasteiger partial charge is 0.318 e. The molecule has 0 spiro atoms. The molecule has 0 saturated carbocycles. The van der Waals surface area contributed by atoms with Gasteiger partial charge in [0, 0.05) is 22.3 Å². The van der Waals surface area contributed by atoms with E-state index in [9.17, 15) is 14.7 Å². The summed E-state index contributed by atoms with van der Waals surface area (Å²) in [5, 5.41) is 10.7. The zero-order chi connectivity index (χ0) is 27.1. The Balaban J connectivity index is 1.64. The number of hydrogen-bond donors (Lipinski definition) is 1. The molecule has 0 radical (unpaired) electrons. The van der Waals surface area contributed by atoms with Crippen LogP contribution in [0.15, 0.2) is 116 Å². The number of phenolic OH excluding ortho intramolecular Hbond substituents is 1. The highest BCUT2D eigenvalue weighted by atomic mass is 16.5. The Morgan fingerprint density at radius 2 is 1.42 bits per heavy atom. The molecular weight excluding hydrogens is 472 g/mol. The second-order valence-electron chi connectivity index (χ2n) is 9.13. The first kappa shape index (κ1) is 26.4. The average Bonchev–Trinajstić information content (AvgIpc) is 2.95. The Hall–Kier alpha value is -4.70. The molecule has 4 aromatic rings. The topological polar surface area (TPSA) is 63.6 Å². The van der Waals surface area contributed by atoms with Gasteiger partial charge in [0.15, 0.2) is 5.78 Å². The molecular formula is C34H30O4. The fourth-order valence-corrected chi connectivity index (χ4v) is 4.30. The molecule has 0 aliphatic rings. The first-order valence-electron chi connectivity index (χ1n) is 12.5. The van der Waals surface area contributed by atoms with Gasteiger partial charge < -0.3 is 9.84 Å². The standard InChI is InChI=1S/C34H30O4/c1-4-10-24-16-18-31(35)29(20-24)30-21-25(11-5-2)17-19-32(30)38-34(37)23(3)27-14-9-15-28(22-27)33(36)26-12-7-6-8-13-26/h4-9,12-23,35H,1-2,10-11H2,3H3. The van der Waals surface area contributed by atoms with Gasteiger partial charge in [-0.3, -0.25) is 9.59 Å². The van der Waals surface area contributed by atoms with Gasteiger partial charge in [-0.1, -0.05) is 72.8 Å². The number of ketones is 1. The Morgan fingerprint density at radius 3 is 2.11 bits per heavy atom. The summed E-state index contributed by atoms with van der Waals surface area (Å²) in [6.45, 7) is 9.36. The number of benzene rings is 4. The lowest BCUT2D eigenvalue weighted by Crippen LogP contribution is -2.17. The minimum absolute atomic E-state index is 0.0889. The average molecular weight is 503 g/mol. The van der Waals surface area contributed by atoms with Crippen molar-refractivity contribution in [3.8, 4) is 22.6 Å². The van der Waals surface area contributed by atoms with Gasteiger partial charge in [-0.25, -0.2) is 0 Å². The number of ether oxygens (including phenoxy) is 1. The van der Waals surface area contributed by atoms with E-state index in [2.05, 4.69) is 13.2 Å². The van der Waals surface area contributed by atoms with Gasteiger partial charge in [0.2, 0.25) is 0 Å². The van der Waals surface area contributed by atoms with Gasteiger partial charge in [0.25, 0.3) is 0 Å². The summed E-state index contributed by atoms with van der Waals surface area (Å²) in [6, 6.07) is 27.0. The predicted molar refractivity (Wildman–Crippen MR) is 152 cm³/mol. The van der Waals surface area contributed by atoms with E-state index in [0.717, 1.165) is 11.1 Å². The number of allylic oxidation sites excluding steroid dienone is 2. The summed E-state index contributed by atoms with van der Waals surface area (Å²) in [6.07, 6.45) is 4.87. The molecule has 0 heterocycles. The van der Waals surface area contributed by atoms with Crippen LogP contribution in [-0.4, -0.2) is 16.9 Å². The molecule has 0 fully saturated rings. The number of aromatic hydroxyl groups is 1. The van der Waals surface area contributed by atoms with Crippen molar-refractivity contribution in [2.45, 2.75) is 25.7 Å². The Bertz CT molecular complexity index is 1480. The quantitative estimate of drug-likeness (QED) is 0.106. The minimum atomic E-state index is -0.625. The third kappa shape index (κ3) is 5.98. The van der Waals surface area contributed by atoms with Gasteiger partial charge in [-0.05, 0) is 66.8 Å². The monoisotopic (exact) mass is 502 g/mol. The summed E-state index contributed by atoms with van der Waals surface area (Å²) in [5.41, 5.74) is 4.91. The molecule has 1 N–H and O–H groups in total. The lowest BCUT2D eigenvalue weighted by Gasteiger charge is -2.17. The van der Waals surface area contributed by atoms with Crippen molar-refractivity contribution >= 4 is 11.8 Å². The zero-order valence-corrected chi connectivity index (χ0v) is 21.4. The minimum Gasteiger partial charge on any atom is -0.507 e. The summed E-state index contributed by atoms with van der Waals surface area (Å²) < 4.78 is 5.91. The SMILES string of the molecule is C=CCc1ccc(O)c(-c2cc(CC=C)ccc2OC(=O)C(C)c2cccc(C(=O)c3ccccc3)c2)c1. The fourth-order valence-electron chi connectivity index (χ4n) is 4.30. The molecule has 1 unspecified atom stereocenters.